The molecule has 2 aromatic heterocycles. The van der Waals surface area contributed by atoms with Crippen LogP contribution in [0.15, 0.2) is 53.9 Å². The number of aryl methyl sites for hydroxylation is 1. The van der Waals surface area contributed by atoms with Gasteiger partial charge in [0.05, 0.1) is 16.1 Å². The highest BCUT2D eigenvalue weighted by Crippen LogP contribution is 2.26. The first-order valence-corrected chi connectivity index (χ1v) is 13.0. The van der Waals surface area contributed by atoms with Crippen molar-refractivity contribution in [3.8, 4) is 0 Å². The van der Waals surface area contributed by atoms with Gasteiger partial charge in [-0.25, -0.2) is 0 Å². The van der Waals surface area contributed by atoms with Crippen LogP contribution < -0.4 is 10.6 Å². The van der Waals surface area contributed by atoms with Gasteiger partial charge in [0, 0.05) is 29.7 Å². The van der Waals surface area contributed by atoms with E-state index < -0.39 is 0 Å². The van der Waals surface area contributed by atoms with E-state index >= 15 is 0 Å². The lowest BCUT2D eigenvalue weighted by atomic mass is 10.0. The standard InChI is InChI=1S/C28H29N5O2S/c1-18-13-16-36-26(18)27(34)30-25-17-20(28(35)33(2)21-11-14-29-15-12-21)8-7-19(25)9-10-24-22-5-3-4-6-23(22)31-32-24/h3-10,13,16-17,21,29H,11-12,14-15H2,1-2H3,(H,30,34)(H,31,32)/b10-9+. The van der Waals surface area contributed by atoms with Crippen LogP contribution in [-0.4, -0.2) is 53.1 Å². The summed E-state index contributed by atoms with van der Waals surface area (Å²) in [7, 11) is 1.86. The molecule has 1 saturated heterocycles. The molecule has 0 atom stereocenters. The van der Waals surface area contributed by atoms with Crippen LogP contribution in [0.2, 0.25) is 0 Å². The largest absolute Gasteiger partial charge is 0.339 e. The number of hydrogen-bond donors (Lipinski definition) is 3. The first kappa shape index (κ1) is 24.0. The maximum absolute atomic E-state index is 13.3. The second-order valence-electron chi connectivity index (χ2n) is 9.07. The minimum Gasteiger partial charge on any atom is -0.339 e. The van der Waals surface area contributed by atoms with Crippen LogP contribution in [0.25, 0.3) is 23.1 Å². The third-order valence-electron chi connectivity index (χ3n) is 6.71. The number of benzene rings is 2. The number of piperidine rings is 1. The van der Waals surface area contributed by atoms with E-state index in [2.05, 4.69) is 20.8 Å². The minimum atomic E-state index is -0.182. The average molecular weight is 500 g/mol. The predicted molar refractivity (Wildman–Crippen MR) is 146 cm³/mol. The molecule has 7 nitrogen and oxygen atoms in total. The van der Waals surface area contributed by atoms with E-state index in [0.29, 0.717) is 16.1 Å². The lowest BCUT2D eigenvalue weighted by Crippen LogP contribution is -2.44. The Bertz CT molecular complexity index is 1430. The van der Waals surface area contributed by atoms with Gasteiger partial charge in [0.25, 0.3) is 11.8 Å². The first-order chi connectivity index (χ1) is 17.5. The van der Waals surface area contributed by atoms with Gasteiger partial charge < -0.3 is 15.5 Å². The van der Waals surface area contributed by atoms with Gasteiger partial charge >= 0.3 is 0 Å². The van der Waals surface area contributed by atoms with Crippen molar-refractivity contribution < 1.29 is 9.59 Å². The maximum atomic E-state index is 13.3. The normalized spacial score (nSPS) is 14.4. The molecule has 0 radical (unpaired) electrons. The second kappa shape index (κ2) is 10.5. The van der Waals surface area contributed by atoms with Crippen LogP contribution in [0.5, 0.6) is 0 Å². The lowest BCUT2D eigenvalue weighted by molar-refractivity contribution is 0.0703. The van der Waals surface area contributed by atoms with Gasteiger partial charge in [0.15, 0.2) is 0 Å². The molecule has 1 fully saturated rings. The number of thiophene rings is 1. The third-order valence-corrected chi connectivity index (χ3v) is 7.73. The number of rotatable bonds is 6. The Morgan fingerprint density at radius 3 is 2.69 bits per heavy atom. The average Bonchev–Trinajstić information content (AvgIpc) is 3.53. The van der Waals surface area contributed by atoms with Crippen molar-refractivity contribution >= 4 is 51.9 Å². The molecular weight excluding hydrogens is 470 g/mol. The summed E-state index contributed by atoms with van der Waals surface area (Å²) in [5.41, 5.74) is 4.63. The van der Waals surface area contributed by atoms with Crippen LogP contribution in [0, 0.1) is 6.92 Å². The number of nitrogens with zero attached hydrogens (tertiary/aromatic N) is 2. The monoisotopic (exact) mass is 499 g/mol. The number of H-pyrrole nitrogens is 1. The van der Waals surface area contributed by atoms with Crippen LogP contribution >= 0.6 is 11.3 Å². The summed E-state index contributed by atoms with van der Waals surface area (Å²) in [6.07, 6.45) is 5.71. The van der Waals surface area contributed by atoms with Crippen molar-refractivity contribution in [1.82, 2.24) is 20.4 Å². The van der Waals surface area contributed by atoms with Crippen molar-refractivity contribution in [2.75, 3.05) is 25.5 Å². The Morgan fingerprint density at radius 1 is 1.11 bits per heavy atom. The van der Waals surface area contributed by atoms with Crippen molar-refractivity contribution in [3.05, 3.63) is 81.2 Å². The van der Waals surface area contributed by atoms with Crippen LogP contribution in [0.1, 0.15) is 49.7 Å². The van der Waals surface area contributed by atoms with E-state index in [1.54, 1.807) is 6.07 Å². The molecule has 0 unspecified atom stereocenters. The molecule has 184 valence electrons. The van der Waals surface area contributed by atoms with Gasteiger partial charge in [0.2, 0.25) is 0 Å². The lowest BCUT2D eigenvalue weighted by Gasteiger charge is -2.31. The Kier molecular flexibility index (Phi) is 6.97. The summed E-state index contributed by atoms with van der Waals surface area (Å²) < 4.78 is 0. The zero-order valence-corrected chi connectivity index (χ0v) is 21.2. The topological polar surface area (TPSA) is 90.1 Å². The molecule has 36 heavy (non-hydrogen) atoms. The van der Waals surface area contributed by atoms with E-state index in [4.69, 9.17) is 0 Å². The highest BCUT2D eigenvalue weighted by molar-refractivity contribution is 7.12. The van der Waals surface area contributed by atoms with E-state index in [9.17, 15) is 9.59 Å². The summed E-state index contributed by atoms with van der Waals surface area (Å²) in [6.45, 7) is 3.74. The van der Waals surface area contributed by atoms with E-state index in [1.807, 2.05) is 78.9 Å². The Hall–Kier alpha value is -3.75. The number of carbonyl (C=O) groups excluding carboxylic acids is 2. The van der Waals surface area contributed by atoms with E-state index in [0.717, 1.165) is 53.7 Å². The van der Waals surface area contributed by atoms with Gasteiger partial charge in [-0.1, -0.05) is 30.3 Å². The molecule has 0 aliphatic carbocycles. The number of anilines is 1. The molecular formula is C28H29N5O2S. The number of para-hydroxylation sites is 1. The summed E-state index contributed by atoms with van der Waals surface area (Å²) >= 11 is 1.40. The molecule has 4 aromatic rings. The van der Waals surface area contributed by atoms with Gasteiger partial charge in [0.1, 0.15) is 0 Å². The SMILES string of the molecule is Cc1ccsc1C(=O)Nc1cc(C(=O)N(C)C2CCNCC2)ccc1/C=C/c1n[nH]c2ccccc12. The van der Waals surface area contributed by atoms with Crippen molar-refractivity contribution in [2.45, 2.75) is 25.8 Å². The molecule has 2 amide bonds. The van der Waals surface area contributed by atoms with E-state index in [1.165, 1.54) is 11.3 Å². The fourth-order valence-electron chi connectivity index (χ4n) is 4.57. The van der Waals surface area contributed by atoms with Gasteiger partial charge in [-0.3, -0.25) is 14.7 Å². The molecule has 1 aliphatic heterocycles. The molecule has 0 saturated carbocycles. The zero-order valence-electron chi connectivity index (χ0n) is 20.4. The van der Waals surface area contributed by atoms with Gasteiger partial charge in [-0.15, -0.1) is 11.3 Å². The third kappa shape index (κ3) is 4.96. The Labute approximate surface area is 214 Å². The summed E-state index contributed by atoms with van der Waals surface area (Å²) in [6, 6.07) is 15.6. The van der Waals surface area contributed by atoms with Crippen molar-refractivity contribution in [1.29, 1.82) is 0 Å². The number of fused-ring (bicyclic) bond motifs is 1. The zero-order chi connectivity index (χ0) is 25.1. The number of aromatic nitrogens is 2. The van der Waals surface area contributed by atoms with Crippen molar-refractivity contribution in [3.63, 3.8) is 0 Å². The van der Waals surface area contributed by atoms with Gasteiger partial charge in [-0.2, -0.15) is 5.10 Å². The quantitative estimate of drug-likeness (QED) is 0.341. The Morgan fingerprint density at radius 2 is 1.92 bits per heavy atom. The van der Waals surface area contributed by atoms with Crippen LogP contribution in [0.4, 0.5) is 5.69 Å². The number of amides is 2. The molecule has 1 aliphatic rings. The molecule has 2 aromatic carbocycles. The minimum absolute atomic E-state index is 0.0430. The fraction of sp³-hybridized carbons (Fsp3) is 0.250. The summed E-state index contributed by atoms with van der Waals surface area (Å²) in [4.78, 5) is 28.9. The highest BCUT2D eigenvalue weighted by atomic mass is 32.1. The summed E-state index contributed by atoms with van der Waals surface area (Å²) in [5.74, 6) is -0.225. The highest BCUT2D eigenvalue weighted by Gasteiger charge is 2.23. The fourth-order valence-corrected chi connectivity index (χ4v) is 5.39. The number of nitrogens with one attached hydrogen (secondary N) is 3. The smallest absolute Gasteiger partial charge is 0.266 e. The van der Waals surface area contributed by atoms with Crippen LogP contribution in [-0.2, 0) is 0 Å². The molecule has 0 bridgehead atoms. The second-order valence-corrected chi connectivity index (χ2v) is 9.99. The molecule has 5 rings (SSSR count). The number of carbonyl (C=O) groups is 2. The number of hydrogen-bond acceptors (Lipinski definition) is 5. The maximum Gasteiger partial charge on any atom is 0.266 e. The predicted octanol–water partition coefficient (Wildman–Crippen LogP) is 5.18. The first-order valence-electron chi connectivity index (χ1n) is 12.1. The molecule has 8 heteroatoms. The van der Waals surface area contributed by atoms with Crippen molar-refractivity contribution in [2.24, 2.45) is 0 Å². The summed E-state index contributed by atoms with van der Waals surface area (Å²) in [5, 5.41) is 16.8. The number of aromatic amines is 1. The molecule has 3 heterocycles. The molecule has 0 spiro atoms. The van der Waals surface area contributed by atoms with Gasteiger partial charge in [-0.05, 0) is 79.7 Å². The van der Waals surface area contributed by atoms with Crippen LogP contribution in [0.3, 0.4) is 0 Å². The molecule has 3 N–H and O–H groups in total. The van der Waals surface area contributed by atoms with E-state index in [-0.39, 0.29) is 17.9 Å². The Balaban J connectivity index is 1.47.